The highest BCUT2D eigenvalue weighted by Crippen LogP contribution is 2.16. The van der Waals surface area contributed by atoms with Gasteiger partial charge < -0.3 is 56.9 Å². The number of likely N-dealkylation sites (tertiary alicyclic amines) is 2. The van der Waals surface area contributed by atoms with Crippen LogP contribution in [0.3, 0.4) is 0 Å². The Bertz CT molecular complexity index is 616. The van der Waals surface area contributed by atoms with Gasteiger partial charge in [0.25, 0.3) is 0 Å². The number of hydrogen-bond donors (Lipinski definition) is 0. The van der Waals surface area contributed by atoms with Crippen molar-refractivity contribution >= 4 is 0 Å². The molecule has 2 nitrogen and oxygen atoms in total. The smallest absolute Gasteiger partial charge is 0.141 e. The lowest BCUT2D eigenvalue weighted by Crippen LogP contribution is -3.00. The van der Waals surface area contributed by atoms with Gasteiger partial charge in [0, 0.05) is 36.8 Å². The molecule has 0 aromatic heterocycles. The average molecular weight is 576 g/mol. The van der Waals surface area contributed by atoms with Gasteiger partial charge in [-0.15, -0.1) is 0 Å². The largest absolute Gasteiger partial charge is 1.00 e. The van der Waals surface area contributed by atoms with Crippen molar-refractivity contribution in [1.29, 1.82) is 0 Å². The molecule has 3 rings (SSSR count). The van der Waals surface area contributed by atoms with Crippen LogP contribution in [0.4, 0.5) is 0 Å². The molecule has 2 fully saturated rings. The van der Waals surface area contributed by atoms with Crippen LogP contribution in [0.25, 0.3) is 0 Å². The van der Waals surface area contributed by atoms with E-state index in [1.54, 1.807) is 0 Å². The van der Waals surface area contributed by atoms with E-state index in [4.69, 9.17) is 0 Å². The third-order valence-corrected chi connectivity index (χ3v) is 5.56. The molecular weight excluding hydrogens is 546 g/mol. The number of nitrogens with zero attached hydrogens (tertiary/aromatic N) is 2. The van der Waals surface area contributed by atoms with Gasteiger partial charge in [-0.3, -0.25) is 0 Å². The number of benzene rings is 1. The third kappa shape index (κ3) is 7.03. The molecule has 0 N–H and O–H groups in total. The molecule has 0 aliphatic carbocycles. The van der Waals surface area contributed by atoms with E-state index in [0.29, 0.717) is 0 Å². The summed E-state index contributed by atoms with van der Waals surface area (Å²) in [5, 5.41) is 0. The lowest BCUT2D eigenvalue weighted by molar-refractivity contribution is -0.890. The van der Waals surface area contributed by atoms with Crippen molar-refractivity contribution in [1.82, 2.24) is 0 Å². The van der Waals surface area contributed by atoms with Gasteiger partial charge in [-0.2, -0.15) is 0 Å². The Labute approximate surface area is 193 Å². The van der Waals surface area contributed by atoms with Gasteiger partial charge >= 0.3 is 0 Å². The van der Waals surface area contributed by atoms with E-state index in [0.717, 1.165) is 33.2 Å². The molecule has 0 radical (unpaired) electrons. The van der Waals surface area contributed by atoms with E-state index in [1.807, 2.05) is 0 Å². The van der Waals surface area contributed by atoms with Gasteiger partial charge in [0.1, 0.15) is 13.1 Å². The summed E-state index contributed by atoms with van der Waals surface area (Å²) in [5.41, 5.74) is 2.20. The lowest BCUT2D eigenvalue weighted by Gasteiger charge is -2.26. The van der Waals surface area contributed by atoms with Crippen molar-refractivity contribution in [3.63, 3.8) is 0 Å². The number of halogens is 2. The van der Waals surface area contributed by atoms with Crippen molar-refractivity contribution in [2.45, 2.75) is 25.7 Å². The van der Waals surface area contributed by atoms with E-state index >= 15 is 0 Å². The fourth-order valence-electron chi connectivity index (χ4n) is 3.82. The molecule has 2 aliphatic heterocycles. The summed E-state index contributed by atoms with van der Waals surface area (Å²) in [6, 6.07) is 8.42. The minimum absolute atomic E-state index is 0. The summed E-state index contributed by atoms with van der Waals surface area (Å²) < 4.78 is 2.24. The zero-order valence-corrected chi connectivity index (χ0v) is 20.3. The molecule has 0 saturated carbocycles. The van der Waals surface area contributed by atoms with Crippen LogP contribution in [0.5, 0.6) is 0 Å². The SMILES string of the molecule is C[N+]1(CC#Cc2ccc(C#CC[N+]3(C)CCCC3)cc2)CCCC1.[I-].[I-]. The summed E-state index contributed by atoms with van der Waals surface area (Å²) in [5.74, 6) is 13.4. The number of hydrogen-bond acceptors (Lipinski definition) is 0. The first-order valence-electron chi connectivity index (χ1n) is 9.32. The van der Waals surface area contributed by atoms with Crippen LogP contribution >= 0.6 is 0 Å². The van der Waals surface area contributed by atoms with E-state index < -0.39 is 0 Å². The van der Waals surface area contributed by atoms with Crippen LogP contribution < -0.4 is 48.0 Å². The highest BCUT2D eigenvalue weighted by Gasteiger charge is 2.25. The van der Waals surface area contributed by atoms with Crippen LogP contribution in [0.2, 0.25) is 0 Å². The van der Waals surface area contributed by atoms with Gasteiger partial charge in [-0.05, 0) is 36.1 Å². The van der Waals surface area contributed by atoms with Crippen LogP contribution in [-0.4, -0.2) is 62.3 Å². The molecular formula is C22H30I2N2. The van der Waals surface area contributed by atoms with Crippen molar-refractivity contribution in [2.75, 3.05) is 53.4 Å². The molecule has 2 aliphatic rings. The number of rotatable bonds is 2. The topological polar surface area (TPSA) is 0 Å². The van der Waals surface area contributed by atoms with E-state index in [2.05, 4.69) is 62.0 Å². The van der Waals surface area contributed by atoms with Crippen LogP contribution in [0.15, 0.2) is 24.3 Å². The quantitative estimate of drug-likeness (QED) is 0.199. The summed E-state index contributed by atoms with van der Waals surface area (Å²) in [6.07, 6.45) is 5.40. The van der Waals surface area contributed by atoms with Crippen LogP contribution in [-0.2, 0) is 0 Å². The third-order valence-electron chi connectivity index (χ3n) is 5.56. The summed E-state index contributed by atoms with van der Waals surface area (Å²) in [4.78, 5) is 0. The molecule has 2 saturated heterocycles. The lowest BCUT2D eigenvalue weighted by atomic mass is 10.1. The maximum Gasteiger partial charge on any atom is 0.141 e. The van der Waals surface area contributed by atoms with Gasteiger partial charge in [0.05, 0.1) is 40.3 Å². The molecule has 4 heteroatoms. The Balaban J connectivity index is 0.00000169. The molecule has 1 aromatic rings. The minimum atomic E-state index is 0. The fraction of sp³-hybridized carbons (Fsp3) is 0.545. The van der Waals surface area contributed by atoms with Crippen LogP contribution in [0, 0.1) is 23.7 Å². The first-order valence-corrected chi connectivity index (χ1v) is 9.32. The summed E-state index contributed by atoms with van der Waals surface area (Å²) >= 11 is 0. The van der Waals surface area contributed by atoms with Crippen molar-refractivity contribution in [2.24, 2.45) is 0 Å². The van der Waals surface area contributed by atoms with E-state index in [-0.39, 0.29) is 48.0 Å². The Morgan fingerprint density at radius 2 is 0.962 bits per heavy atom. The van der Waals surface area contributed by atoms with Gasteiger partial charge in [-0.25, -0.2) is 0 Å². The first-order chi connectivity index (χ1) is 11.6. The molecule has 0 atom stereocenters. The van der Waals surface area contributed by atoms with E-state index in [9.17, 15) is 0 Å². The first kappa shape index (κ1) is 23.8. The normalized spacial score (nSPS) is 19.2. The molecule has 0 unspecified atom stereocenters. The van der Waals surface area contributed by atoms with Crippen molar-refractivity contribution in [3.8, 4) is 23.7 Å². The van der Waals surface area contributed by atoms with Gasteiger partial charge in [0.15, 0.2) is 0 Å². The number of quaternary nitrogens is 2. The highest BCUT2D eigenvalue weighted by molar-refractivity contribution is 5.41. The second-order valence-electron chi connectivity index (χ2n) is 8.04. The Morgan fingerprint density at radius 3 is 1.27 bits per heavy atom. The Kier molecular flexibility index (Phi) is 9.96. The maximum absolute atomic E-state index is 3.37. The van der Waals surface area contributed by atoms with Gasteiger partial charge in [-0.1, -0.05) is 11.8 Å². The van der Waals surface area contributed by atoms with Crippen molar-refractivity contribution in [3.05, 3.63) is 35.4 Å². The predicted molar refractivity (Wildman–Crippen MR) is 100 cm³/mol. The molecule has 2 heterocycles. The average Bonchev–Trinajstić information content (AvgIpc) is 3.19. The Morgan fingerprint density at radius 1 is 0.654 bits per heavy atom. The molecule has 0 amide bonds. The molecule has 142 valence electrons. The molecule has 0 spiro atoms. The predicted octanol–water partition coefficient (Wildman–Crippen LogP) is -3.12. The maximum atomic E-state index is 3.37. The zero-order valence-electron chi connectivity index (χ0n) is 16.0. The summed E-state index contributed by atoms with van der Waals surface area (Å²) in [7, 11) is 4.65. The highest BCUT2D eigenvalue weighted by atomic mass is 127. The molecule has 0 bridgehead atoms. The minimum Gasteiger partial charge on any atom is -1.00 e. The standard InChI is InChI=1S/C22H30N2.2HI/c1-23(15-3-4-16-23)19-7-9-21-11-13-22(14-12-21)10-8-20-24(2)17-5-6-18-24;;/h11-14H,3-6,15-20H2,1-2H3;2*1H/q+2;;/p-2. The second-order valence-corrected chi connectivity index (χ2v) is 8.04. The summed E-state index contributed by atoms with van der Waals surface area (Å²) in [6.45, 7) is 7.05. The van der Waals surface area contributed by atoms with Crippen molar-refractivity contribution < 1.29 is 56.9 Å². The second kappa shape index (κ2) is 10.9. The fourth-order valence-corrected chi connectivity index (χ4v) is 3.82. The van der Waals surface area contributed by atoms with E-state index in [1.165, 1.54) is 51.9 Å². The van der Waals surface area contributed by atoms with Gasteiger partial charge in [0.2, 0.25) is 0 Å². The monoisotopic (exact) mass is 576 g/mol. The Hall–Kier alpha value is -0.280. The zero-order chi connectivity index (χ0) is 16.9. The molecule has 26 heavy (non-hydrogen) atoms. The van der Waals surface area contributed by atoms with Crippen LogP contribution in [0.1, 0.15) is 36.8 Å². The molecule has 1 aromatic carbocycles.